The van der Waals surface area contributed by atoms with Crippen molar-refractivity contribution in [1.82, 2.24) is 0 Å². The summed E-state index contributed by atoms with van der Waals surface area (Å²) in [5, 5.41) is 6.23. The Hall–Kier alpha value is -2.29. The van der Waals surface area contributed by atoms with E-state index in [4.69, 9.17) is 0 Å². The van der Waals surface area contributed by atoms with Crippen LogP contribution in [0.5, 0.6) is 0 Å². The molecule has 3 heteroatoms. The van der Waals surface area contributed by atoms with Crippen molar-refractivity contribution in [2.45, 2.75) is 33.1 Å². The zero-order valence-electron chi connectivity index (χ0n) is 12.6. The van der Waals surface area contributed by atoms with Crippen LogP contribution in [-0.4, -0.2) is 5.91 Å². The zero-order chi connectivity index (χ0) is 15.1. The minimum absolute atomic E-state index is 0.0633. The summed E-state index contributed by atoms with van der Waals surface area (Å²) in [5.41, 5.74) is 4.23. The van der Waals surface area contributed by atoms with E-state index in [1.165, 1.54) is 5.56 Å². The minimum Gasteiger partial charge on any atom is -0.356 e. The Kier molecular flexibility index (Phi) is 5.38. The van der Waals surface area contributed by atoms with E-state index >= 15 is 0 Å². The number of rotatable bonds is 6. The molecule has 21 heavy (non-hydrogen) atoms. The molecule has 2 N–H and O–H groups in total. The predicted molar refractivity (Wildman–Crippen MR) is 89.1 cm³/mol. The van der Waals surface area contributed by atoms with E-state index in [1.54, 1.807) is 0 Å². The lowest BCUT2D eigenvalue weighted by Gasteiger charge is -2.09. The van der Waals surface area contributed by atoms with Crippen LogP contribution in [0.3, 0.4) is 0 Å². The summed E-state index contributed by atoms with van der Waals surface area (Å²) in [6, 6.07) is 16.2. The summed E-state index contributed by atoms with van der Waals surface area (Å²) in [6.45, 7) is 4.14. The molecule has 0 unspecified atom stereocenters. The van der Waals surface area contributed by atoms with Crippen LogP contribution in [0.2, 0.25) is 0 Å². The van der Waals surface area contributed by atoms with E-state index in [2.05, 4.69) is 41.8 Å². The number of benzene rings is 2. The summed E-state index contributed by atoms with van der Waals surface area (Å²) < 4.78 is 0. The highest BCUT2D eigenvalue weighted by atomic mass is 16.1. The van der Waals surface area contributed by atoms with Gasteiger partial charge in [-0.15, -0.1) is 0 Å². The molecule has 1 amide bonds. The Morgan fingerprint density at radius 3 is 1.90 bits per heavy atom. The summed E-state index contributed by atoms with van der Waals surface area (Å²) in [4.78, 5) is 11.5. The number of nitrogens with one attached hydrogen (secondary N) is 2. The molecule has 110 valence electrons. The van der Waals surface area contributed by atoms with E-state index in [1.807, 2.05) is 31.2 Å². The molecule has 0 saturated carbocycles. The molecule has 0 saturated heterocycles. The summed E-state index contributed by atoms with van der Waals surface area (Å²) in [7, 11) is 0. The highest BCUT2D eigenvalue weighted by Crippen LogP contribution is 2.19. The number of aryl methyl sites for hydroxylation is 1. The van der Waals surface area contributed by atoms with Crippen LogP contribution >= 0.6 is 0 Å². The standard InChI is InChI=1S/C18H22N2O/c1-3-5-18(21)20-17-12-10-16(11-13-17)19-15-8-6-14(4-2)7-9-15/h6-13,19H,3-5H2,1-2H3,(H,20,21). The SMILES string of the molecule is CCCC(=O)Nc1ccc(Nc2ccc(CC)cc2)cc1. The fourth-order valence-electron chi connectivity index (χ4n) is 2.08. The molecule has 2 rings (SSSR count). The van der Waals surface area contributed by atoms with Crippen LogP contribution in [0, 0.1) is 0 Å². The van der Waals surface area contributed by atoms with E-state index in [0.29, 0.717) is 6.42 Å². The molecular formula is C18H22N2O. The zero-order valence-corrected chi connectivity index (χ0v) is 12.6. The first kappa shape index (κ1) is 15.1. The first-order chi connectivity index (χ1) is 10.2. The van der Waals surface area contributed by atoms with Crippen molar-refractivity contribution in [3.63, 3.8) is 0 Å². The summed E-state index contributed by atoms with van der Waals surface area (Å²) in [5.74, 6) is 0.0633. The Morgan fingerprint density at radius 2 is 1.38 bits per heavy atom. The second-order valence-electron chi connectivity index (χ2n) is 5.05. The normalized spacial score (nSPS) is 10.2. The van der Waals surface area contributed by atoms with Gasteiger partial charge in [0.2, 0.25) is 5.91 Å². The molecular weight excluding hydrogens is 260 g/mol. The molecule has 0 radical (unpaired) electrons. The Morgan fingerprint density at radius 1 is 0.857 bits per heavy atom. The van der Waals surface area contributed by atoms with Crippen molar-refractivity contribution < 1.29 is 4.79 Å². The molecule has 0 heterocycles. The van der Waals surface area contributed by atoms with Gasteiger partial charge in [-0.1, -0.05) is 26.0 Å². The second-order valence-corrected chi connectivity index (χ2v) is 5.05. The summed E-state index contributed by atoms with van der Waals surface area (Å²) >= 11 is 0. The van der Waals surface area contributed by atoms with Gasteiger partial charge < -0.3 is 10.6 Å². The molecule has 0 aromatic heterocycles. The first-order valence-electron chi connectivity index (χ1n) is 7.47. The van der Waals surface area contributed by atoms with Gasteiger partial charge in [-0.2, -0.15) is 0 Å². The van der Waals surface area contributed by atoms with Crippen molar-refractivity contribution >= 4 is 23.0 Å². The van der Waals surface area contributed by atoms with Crippen LogP contribution in [0.25, 0.3) is 0 Å². The van der Waals surface area contributed by atoms with Gasteiger partial charge in [-0.3, -0.25) is 4.79 Å². The molecule has 2 aromatic rings. The Labute approximate surface area is 126 Å². The van der Waals surface area contributed by atoms with Crippen LogP contribution in [0.15, 0.2) is 48.5 Å². The van der Waals surface area contributed by atoms with Gasteiger partial charge in [-0.25, -0.2) is 0 Å². The Bertz CT molecular complexity index is 573. The lowest BCUT2D eigenvalue weighted by Crippen LogP contribution is -2.10. The molecule has 0 atom stereocenters. The van der Waals surface area contributed by atoms with E-state index < -0.39 is 0 Å². The molecule has 0 bridgehead atoms. The first-order valence-corrected chi connectivity index (χ1v) is 7.47. The number of carbonyl (C=O) groups is 1. The number of hydrogen-bond acceptors (Lipinski definition) is 2. The van der Waals surface area contributed by atoms with Gasteiger partial charge in [0.05, 0.1) is 0 Å². The van der Waals surface area contributed by atoms with Crippen molar-refractivity contribution in [2.24, 2.45) is 0 Å². The molecule has 0 spiro atoms. The average molecular weight is 282 g/mol. The van der Waals surface area contributed by atoms with Gasteiger partial charge in [0.1, 0.15) is 0 Å². The van der Waals surface area contributed by atoms with Crippen molar-refractivity contribution in [1.29, 1.82) is 0 Å². The molecule has 0 aliphatic carbocycles. The third kappa shape index (κ3) is 4.63. The molecule has 2 aromatic carbocycles. The second kappa shape index (κ2) is 7.48. The fraction of sp³-hybridized carbons (Fsp3) is 0.278. The minimum atomic E-state index is 0.0633. The fourth-order valence-corrected chi connectivity index (χ4v) is 2.08. The molecule has 3 nitrogen and oxygen atoms in total. The monoisotopic (exact) mass is 282 g/mol. The van der Waals surface area contributed by atoms with Gasteiger partial charge in [0.25, 0.3) is 0 Å². The van der Waals surface area contributed by atoms with Gasteiger partial charge in [-0.05, 0) is 54.8 Å². The highest BCUT2D eigenvalue weighted by molar-refractivity contribution is 5.90. The smallest absolute Gasteiger partial charge is 0.224 e. The third-order valence-electron chi connectivity index (χ3n) is 3.30. The van der Waals surface area contributed by atoms with Crippen LogP contribution in [0.1, 0.15) is 32.3 Å². The van der Waals surface area contributed by atoms with Crippen LogP contribution in [0.4, 0.5) is 17.1 Å². The lowest BCUT2D eigenvalue weighted by molar-refractivity contribution is -0.116. The largest absolute Gasteiger partial charge is 0.356 e. The van der Waals surface area contributed by atoms with E-state index in [0.717, 1.165) is 29.9 Å². The highest BCUT2D eigenvalue weighted by Gasteiger charge is 2.01. The third-order valence-corrected chi connectivity index (χ3v) is 3.30. The quantitative estimate of drug-likeness (QED) is 0.804. The van der Waals surface area contributed by atoms with Gasteiger partial charge in [0.15, 0.2) is 0 Å². The number of amides is 1. The van der Waals surface area contributed by atoms with E-state index in [-0.39, 0.29) is 5.91 Å². The van der Waals surface area contributed by atoms with Crippen molar-refractivity contribution in [2.75, 3.05) is 10.6 Å². The van der Waals surface area contributed by atoms with Crippen molar-refractivity contribution in [3.05, 3.63) is 54.1 Å². The van der Waals surface area contributed by atoms with Crippen molar-refractivity contribution in [3.8, 4) is 0 Å². The maximum Gasteiger partial charge on any atom is 0.224 e. The number of anilines is 3. The van der Waals surface area contributed by atoms with Gasteiger partial charge in [0, 0.05) is 23.5 Å². The summed E-state index contributed by atoms with van der Waals surface area (Å²) in [6.07, 6.45) is 2.47. The topological polar surface area (TPSA) is 41.1 Å². The molecule has 0 aliphatic heterocycles. The molecule has 0 aliphatic rings. The van der Waals surface area contributed by atoms with Crippen LogP contribution < -0.4 is 10.6 Å². The van der Waals surface area contributed by atoms with E-state index in [9.17, 15) is 4.79 Å². The predicted octanol–water partition coefficient (Wildman–Crippen LogP) is 4.73. The van der Waals surface area contributed by atoms with Crippen LogP contribution in [-0.2, 0) is 11.2 Å². The molecule has 0 fully saturated rings. The lowest BCUT2D eigenvalue weighted by atomic mass is 10.1. The number of hydrogen-bond donors (Lipinski definition) is 2. The maximum absolute atomic E-state index is 11.5. The van der Waals surface area contributed by atoms with Gasteiger partial charge >= 0.3 is 0 Å². The average Bonchev–Trinajstić information content (AvgIpc) is 2.50. The number of carbonyl (C=O) groups excluding carboxylic acids is 1. The maximum atomic E-state index is 11.5. The Balaban J connectivity index is 1.96.